The summed E-state index contributed by atoms with van der Waals surface area (Å²) in [6.07, 6.45) is 1.06. The lowest BCUT2D eigenvalue weighted by Gasteiger charge is -2.31. The first-order valence-electron chi connectivity index (χ1n) is 10.8. The Balaban J connectivity index is 1.45. The number of benzene rings is 2. The zero-order valence-electron chi connectivity index (χ0n) is 18.5. The van der Waals surface area contributed by atoms with Crippen LogP contribution < -0.4 is 10.1 Å². The van der Waals surface area contributed by atoms with Crippen molar-refractivity contribution in [2.24, 2.45) is 5.92 Å². The van der Waals surface area contributed by atoms with Crippen molar-refractivity contribution in [1.82, 2.24) is 9.62 Å². The van der Waals surface area contributed by atoms with Gasteiger partial charge in [-0.3, -0.25) is 4.79 Å². The number of carbonyl (C=O) groups is 1. The second kappa shape index (κ2) is 10.3. The van der Waals surface area contributed by atoms with Crippen LogP contribution in [0.1, 0.15) is 36.5 Å². The summed E-state index contributed by atoms with van der Waals surface area (Å²) in [4.78, 5) is 12.6. The van der Waals surface area contributed by atoms with E-state index in [1.165, 1.54) is 4.31 Å². The molecule has 0 aromatic heterocycles. The molecule has 1 aliphatic heterocycles. The van der Waals surface area contributed by atoms with E-state index in [0.29, 0.717) is 32.5 Å². The lowest BCUT2D eigenvalue weighted by molar-refractivity contribution is -0.126. The van der Waals surface area contributed by atoms with Crippen molar-refractivity contribution in [1.29, 1.82) is 0 Å². The second-order valence-corrected chi connectivity index (χ2v) is 10.4. The molecule has 0 radical (unpaired) electrons. The number of para-hydroxylation sites is 1. The van der Waals surface area contributed by atoms with E-state index >= 15 is 0 Å². The number of aryl methyl sites for hydroxylation is 2. The Morgan fingerprint density at radius 1 is 1.10 bits per heavy atom. The van der Waals surface area contributed by atoms with Gasteiger partial charge in [-0.2, -0.15) is 0 Å². The highest BCUT2D eigenvalue weighted by Gasteiger charge is 2.31. The van der Waals surface area contributed by atoms with Crippen LogP contribution >= 0.6 is 0 Å². The van der Waals surface area contributed by atoms with Gasteiger partial charge in [-0.05, 0) is 50.8 Å². The summed E-state index contributed by atoms with van der Waals surface area (Å²) < 4.78 is 32.8. The molecule has 0 unspecified atom stereocenters. The summed E-state index contributed by atoms with van der Waals surface area (Å²) in [7, 11) is -3.38. The molecule has 1 heterocycles. The van der Waals surface area contributed by atoms with Gasteiger partial charge in [-0.1, -0.05) is 48.0 Å². The third-order valence-corrected chi connectivity index (χ3v) is 7.51. The molecule has 0 aliphatic carbocycles. The van der Waals surface area contributed by atoms with Crippen molar-refractivity contribution in [3.05, 3.63) is 65.2 Å². The van der Waals surface area contributed by atoms with Gasteiger partial charge in [0.05, 0.1) is 11.8 Å². The molecule has 1 saturated heterocycles. The van der Waals surface area contributed by atoms with Crippen LogP contribution in [0.5, 0.6) is 5.75 Å². The number of amides is 1. The molecular weight excluding hydrogens is 412 g/mol. The van der Waals surface area contributed by atoms with Crippen LogP contribution in [0.15, 0.2) is 48.5 Å². The Bertz CT molecular complexity index is 981. The summed E-state index contributed by atoms with van der Waals surface area (Å²) in [5.41, 5.74) is 2.94. The van der Waals surface area contributed by atoms with Crippen molar-refractivity contribution in [2.75, 3.05) is 19.7 Å². The van der Waals surface area contributed by atoms with Gasteiger partial charge in [-0.25, -0.2) is 12.7 Å². The highest BCUT2D eigenvalue weighted by molar-refractivity contribution is 7.88. The van der Waals surface area contributed by atoms with Gasteiger partial charge in [0, 0.05) is 19.0 Å². The summed E-state index contributed by atoms with van der Waals surface area (Å²) >= 11 is 0. The number of nitrogens with zero attached hydrogens (tertiary/aromatic N) is 1. The molecule has 0 saturated carbocycles. The number of ether oxygens (including phenoxy) is 1. The smallest absolute Gasteiger partial charge is 0.223 e. The molecule has 1 N–H and O–H groups in total. The van der Waals surface area contributed by atoms with Crippen LogP contribution in [0.2, 0.25) is 0 Å². The molecule has 1 fully saturated rings. The normalized spacial score (nSPS) is 16.6. The van der Waals surface area contributed by atoms with E-state index in [2.05, 4.69) is 5.32 Å². The fraction of sp³-hybridized carbons (Fsp3) is 0.458. The zero-order chi connectivity index (χ0) is 22.4. The monoisotopic (exact) mass is 444 g/mol. The van der Waals surface area contributed by atoms with Crippen LogP contribution in [0, 0.1) is 19.8 Å². The summed E-state index contributed by atoms with van der Waals surface area (Å²) in [6.45, 7) is 7.02. The van der Waals surface area contributed by atoms with Crippen molar-refractivity contribution in [3.8, 4) is 5.75 Å². The Kier molecular flexibility index (Phi) is 7.73. The van der Waals surface area contributed by atoms with Crippen molar-refractivity contribution in [3.63, 3.8) is 0 Å². The molecule has 31 heavy (non-hydrogen) atoms. The molecule has 7 heteroatoms. The van der Waals surface area contributed by atoms with E-state index in [9.17, 15) is 13.2 Å². The highest BCUT2D eigenvalue weighted by Crippen LogP contribution is 2.22. The van der Waals surface area contributed by atoms with Crippen LogP contribution in [0.4, 0.5) is 0 Å². The van der Waals surface area contributed by atoms with Crippen molar-refractivity contribution in [2.45, 2.75) is 45.4 Å². The van der Waals surface area contributed by atoms with Gasteiger partial charge in [0.25, 0.3) is 0 Å². The average Bonchev–Trinajstić information content (AvgIpc) is 2.75. The minimum atomic E-state index is -3.38. The van der Waals surface area contributed by atoms with Crippen molar-refractivity contribution >= 4 is 15.9 Å². The Morgan fingerprint density at radius 2 is 1.74 bits per heavy atom. The predicted molar refractivity (Wildman–Crippen MR) is 122 cm³/mol. The third kappa shape index (κ3) is 6.55. The zero-order valence-corrected chi connectivity index (χ0v) is 19.3. The van der Waals surface area contributed by atoms with Gasteiger partial charge in [-0.15, -0.1) is 0 Å². The lowest BCUT2D eigenvalue weighted by Crippen LogP contribution is -2.46. The van der Waals surface area contributed by atoms with Gasteiger partial charge in [0.1, 0.15) is 12.4 Å². The summed E-state index contributed by atoms with van der Waals surface area (Å²) in [6, 6.07) is 15.2. The molecule has 0 spiro atoms. The van der Waals surface area contributed by atoms with Crippen LogP contribution in [-0.2, 0) is 20.6 Å². The Morgan fingerprint density at radius 3 is 2.39 bits per heavy atom. The fourth-order valence-electron chi connectivity index (χ4n) is 3.72. The number of rotatable bonds is 8. The Hall–Kier alpha value is -2.38. The van der Waals surface area contributed by atoms with Crippen LogP contribution in [0.3, 0.4) is 0 Å². The largest absolute Gasteiger partial charge is 0.491 e. The number of sulfonamides is 1. The molecule has 1 amide bonds. The van der Waals surface area contributed by atoms with E-state index in [-0.39, 0.29) is 23.6 Å². The third-order valence-electron chi connectivity index (χ3n) is 5.66. The quantitative estimate of drug-likeness (QED) is 0.677. The second-order valence-electron chi connectivity index (χ2n) is 8.40. The van der Waals surface area contributed by atoms with Gasteiger partial charge in [0.2, 0.25) is 15.9 Å². The lowest BCUT2D eigenvalue weighted by atomic mass is 9.97. The number of carbonyl (C=O) groups excluding carboxylic acids is 1. The SMILES string of the molecule is Cc1ccc(CS(=O)(=O)N2CCC(C(=O)N[C@@H](C)COc3ccccc3C)CC2)cc1. The maximum absolute atomic E-state index is 12.8. The standard InChI is InChI=1S/C24H32N2O4S/c1-18-8-10-21(11-9-18)17-31(28,29)26-14-12-22(13-15-26)24(27)25-20(3)16-30-23-7-5-4-6-19(23)2/h4-11,20,22H,12-17H2,1-3H3,(H,25,27)/t20-/m0/s1. The van der Waals surface area contributed by atoms with Gasteiger partial charge >= 0.3 is 0 Å². The first kappa shape index (κ1) is 23.3. The summed E-state index contributed by atoms with van der Waals surface area (Å²) in [5, 5.41) is 3.01. The molecule has 2 aromatic rings. The molecule has 1 aliphatic rings. The van der Waals surface area contributed by atoms with Gasteiger partial charge in [0.15, 0.2) is 0 Å². The number of piperidine rings is 1. The van der Waals surface area contributed by atoms with E-state index in [4.69, 9.17) is 4.74 Å². The van der Waals surface area contributed by atoms with Crippen LogP contribution in [-0.4, -0.2) is 44.4 Å². The molecule has 2 aromatic carbocycles. The van der Waals surface area contributed by atoms with E-state index in [1.54, 1.807) is 0 Å². The minimum absolute atomic E-state index is 0.00256. The van der Waals surface area contributed by atoms with Crippen molar-refractivity contribution < 1.29 is 17.9 Å². The van der Waals surface area contributed by atoms with E-state index < -0.39 is 10.0 Å². The number of hydrogen-bond acceptors (Lipinski definition) is 4. The molecule has 1 atom stereocenters. The minimum Gasteiger partial charge on any atom is -0.491 e. The number of hydrogen-bond donors (Lipinski definition) is 1. The number of nitrogens with one attached hydrogen (secondary N) is 1. The molecule has 168 valence electrons. The van der Waals surface area contributed by atoms with Gasteiger partial charge < -0.3 is 10.1 Å². The maximum Gasteiger partial charge on any atom is 0.223 e. The molecule has 3 rings (SSSR count). The van der Waals surface area contributed by atoms with Crippen LogP contribution in [0.25, 0.3) is 0 Å². The highest BCUT2D eigenvalue weighted by atomic mass is 32.2. The first-order chi connectivity index (χ1) is 14.7. The van der Waals surface area contributed by atoms with E-state index in [0.717, 1.165) is 22.4 Å². The maximum atomic E-state index is 12.8. The topological polar surface area (TPSA) is 75.7 Å². The predicted octanol–water partition coefficient (Wildman–Crippen LogP) is 3.43. The molecule has 6 nitrogen and oxygen atoms in total. The summed E-state index contributed by atoms with van der Waals surface area (Å²) in [5.74, 6) is 0.608. The Labute approximate surface area is 185 Å². The molecular formula is C24H32N2O4S. The van der Waals surface area contributed by atoms with E-state index in [1.807, 2.05) is 69.3 Å². The first-order valence-corrected chi connectivity index (χ1v) is 12.4. The fourth-order valence-corrected chi connectivity index (χ4v) is 5.28. The average molecular weight is 445 g/mol. The molecule has 0 bridgehead atoms.